The number of nitrogens with zero attached hydrogens (tertiary/aromatic N) is 4. The summed E-state index contributed by atoms with van der Waals surface area (Å²) in [6.07, 6.45) is 4.98. The molecule has 37 heavy (non-hydrogen) atoms. The fourth-order valence-electron chi connectivity index (χ4n) is 5.34. The number of likely N-dealkylation sites (tertiary alicyclic amines) is 1. The zero-order chi connectivity index (χ0) is 26.2. The van der Waals surface area contributed by atoms with Crippen molar-refractivity contribution in [3.8, 4) is 6.07 Å². The number of halogens is 3. The highest BCUT2D eigenvalue weighted by atomic mass is 32.1. The number of aliphatic imine (C=N–C) groups is 1. The minimum atomic E-state index is -4.49. The van der Waals surface area contributed by atoms with Crippen molar-refractivity contribution in [1.29, 1.82) is 5.26 Å². The molecule has 0 radical (unpaired) electrons. The van der Waals surface area contributed by atoms with Crippen molar-refractivity contribution in [1.82, 2.24) is 20.5 Å². The second kappa shape index (κ2) is 10.0. The van der Waals surface area contributed by atoms with Crippen LogP contribution in [0.4, 0.5) is 13.2 Å². The van der Waals surface area contributed by atoms with Crippen molar-refractivity contribution in [3.63, 3.8) is 0 Å². The van der Waals surface area contributed by atoms with E-state index >= 15 is 0 Å². The molecular formula is C25H27F3N6O2S. The molecule has 12 heteroatoms. The Balaban J connectivity index is 1.10. The maximum atomic E-state index is 13.2. The highest BCUT2D eigenvalue weighted by Crippen LogP contribution is 2.38. The lowest BCUT2D eigenvalue weighted by Gasteiger charge is -2.47. The van der Waals surface area contributed by atoms with Crippen molar-refractivity contribution < 1.29 is 23.1 Å². The van der Waals surface area contributed by atoms with Gasteiger partial charge in [-0.3, -0.25) is 19.7 Å². The normalized spacial score (nSPS) is 29.1. The molecule has 2 atom stereocenters. The lowest BCUT2D eigenvalue weighted by atomic mass is 9.82. The number of fused-ring (bicyclic) bond motifs is 1. The van der Waals surface area contributed by atoms with Gasteiger partial charge < -0.3 is 15.7 Å². The van der Waals surface area contributed by atoms with Crippen LogP contribution in [0.3, 0.4) is 0 Å². The van der Waals surface area contributed by atoms with Crippen molar-refractivity contribution in [2.45, 2.75) is 55.6 Å². The number of nitriles is 1. The number of thiazole rings is 1. The molecule has 2 fully saturated rings. The van der Waals surface area contributed by atoms with Crippen LogP contribution in [0.2, 0.25) is 0 Å². The van der Waals surface area contributed by atoms with Gasteiger partial charge in [0.1, 0.15) is 17.4 Å². The number of hydrogen-bond acceptors (Lipinski definition) is 8. The molecule has 8 nitrogen and oxygen atoms in total. The molecule has 5 rings (SSSR count). The molecule has 1 aromatic rings. The van der Waals surface area contributed by atoms with Crippen LogP contribution in [-0.4, -0.2) is 70.5 Å². The molecule has 1 saturated carbocycles. The number of carbonyl (C=O) groups excluding carboxylic acids is 1. The Morgan fingerprint density at radius 2 is 2.08 bits per heavy atom. The number of hydrogen-bond donors (Lipinski definition) is 3. The highest BCUT2D eigenvalue weighted by Gasteiger charge is 2.41. The fraction of sp³-hybridized carbons (Fsp3) is 0.520. The van der Waals surface area contributed by atoms with Gasteiger partial charge in [0.15, 0.2) is 0 Å². The molecule has 0 bridgehead atoms. The van der Waals surface area contributed by atoms with E-state index in [9.17, 15) is 28.3 Å². The first-order valence-electron chi connectivity index (χ1n) is 12.2. The number of amides is 1. The van der Waals surface area contributed by atoms with E-state index in [1.807, 2.05) is 6.07 Å². The Hall–Kier alpha value is -3.01. The largest absolute Gasteiger partial charge is 0.416 e. The topological polar surface area (TPSA) is 114 Å². The first-order valence-corrected chi connectivity index (χ1v) is 13.1. The Labute approximate surface area is 216 Å². The zero-order valence-electron chi connectivity index (χ0n) is 19.9. The smallest absolute Gasteiger partial charge is 0.384 e. The summed E-state index contributed by atoms with van der Waals surface area (Å²) >= 11 is 1.47. The van der Waals surface area contributed by atoms with E-state index in [1.165, 1.54) is 23.5 Å². The summed E-state index contributed by atoms with van der Waals surface area (Å²) in [5.41, 5.74) is 0.614. The second-order valence-corrected chi connectivity index (χ2v) is 10.8. The number of dihydropyridines is 1. The summed E-state index contributed by atoms with van der Waals surface area (Å²) in [5, 5.41) is 26.1. The van der Waals surface area contributed by atoms with E-state index in [4.69, 9.17) is 0 Å². The van der Waals surface area contributed by atoms with Crippen LogP contribution in [0.5, 0.6) is 0 Å². The minimum absolute atomic E-state index is 0.0280. The predicted octanol–water partition coefficient (Wildman–Crippen LogP) is 2.57. The zero-order valence-corrected chi connectivity index (χ0v) is 20.7. The first-order chi connectivity index (χ1) is 17.6. The molecule has 2 aliphatic heterocycles. The van der Waals surface area contributed by atoms with Gasteiger partial charge in [-0.05, 0) is 31.8 Å². The quantitative estimate of drug-likeness (QED) is 0.519. The van der Waals surface area contributed by atoms with Crippen LogP contribution in [0.25, 0.3) is 0 Å². The van der Waals surface area contributed by atoms with E-state index in [2.05, 4.69) is 25.5 Å². The minimum Gasteiger partial charge on any atom is -0.384 e. The van der Waals surface area contributed by atoms with Crippen molar-refractivity contribution in [2.24, 2.45) is 10.9 Å². The Morgan fingerprint density at radius 3 is 2.73 bits per heavy atom. The van der Waals surface area contributed by atoms with Gasteiger partial charge >= 0.3 is 6.18 Å². The molecular weight excluding hydrogens is 505 g/mol. The SMILES string of the molecule is N#CC1=NC2C=CC(C(F)(F)F)=CC2C(NCC(=O)N[C@H]2C[C@@H](N3CCC(O)(c4cncs4)CC3)C2)=C1. The summed E-state index contributed by atoms with van der Waals surface area (Å²) in [5.74, 6) is -0.978. The Morgan fingerprint density at radius 1 is 1.32 bits per heavy atom. The third-order valence-electron chi connectivity index (χ3n) is 7.55. The summed E-state index contributed by atoms with van der Waals surface area (Å²) in [6, 6.07) is 1.68. The van der Waals surface area contributed by atoms with Gasteiger partial charge in [-0.15, -0.1) is 11.3 Å². The first kappa shape index (κ1) is 25.6. The summed E-state index contributed by atoms with van der Waals surface area (Å²) in [6.45, 7) is 1.45. The lowest BCUT2D eigenvalue weighted by Crippen LogP contribution is -2.57. The number of rotatable bonds is 6. The van der Waals surface area contributed by atoms with Crippen molar-refractivity contribution in [2.75, 3.05) is 19.6 Å². The molecule has 2 unspecified atom stereocenters. The maximum Gasteiger partial charge on any atom is 0.416 e. The highest BCUT2D eigenvalue weighted by molar-refractivity contribution is 7.09. The van der Waals surface area contributed by atoms with Gasteiger partial charge in [-0.1, -0.05) is 18.2 Å². The third kappa shape index (κ3) is 5.49. The van der Waals surface area contributed by atoms with E-state index in [-0.39, 0.29) is 24.2 Å². The fourth-order valence-corrected chi connectivity index (χ4v) is 6.12. The molecule has 196 valence electrons. The summed E-state index contributed by atoms with van der Waals surface area (Å²) < 4.78 is 39.6. The van der Waals surface area contributed by atoms with Gasteiger partial charge in [0.05, 0.1) is 28.5 Å². The number of aromatic nitrogens is 1. The number of piperidine rings is 1. The summed E-state index contributed by atoms with van der Waals surface area (Å²) in [7, 11) is 0. The van der Waals surface area contributed by atoms with Gasteiger partial charge in [-0.25, -0.2) is 0 Å². The average Bonchev–Trinajstić information content (AvgIpc) is 3.40. The number of carbonyl (C=O) groups is 1. The molecule has 1 aromatic heterocycles. The average molecular weight is 533 g/mol. The van der Waals surface area contributed by atoms with Crippen LogP contribution in [-0.2, 0) is 10.4 Å². The van der Waals surface area contributed by atoms with Gasteiger partial charge in [0, 0.05) is 43.0 Å². The monoisotopic (exact) mass is 532 g/mol. The van der Waals surface area contributed by atoms with Crippen LogP contribution >= 0.6 is 11.3 Å². The van der Waals surface area contributed by atoms with Crippen molar-refractivity contribution in [3.05, 3.63) is 52.2 Å². The lowest BCUT2D eigenvalue weighted by molar-refractivity contribution is -0.122. The molecule has 3 N–H and O–H groups in total. The summed E-state index contributed by atoms with van der Waals surface area (Å²) in [4.78, 5) is 24.1. The van der Waals surface area contributed by atoms with E-state index < -0.39 is 29.3 Å². The molecule has 1 saturated heterocycles. The van der Waals surface area contributed by atoms with Gasteiger partial charge in [-0.2, -0.15) is 18.4 Å². The van der Waals surface area contributed by atoms with Crippen LogP contribution in [0, 0.1) is 17.2 Å². The Kier molecular flexibility index (Phi) is 6.95. The maximum absolute atomic E-state index is 13.2. The number of alkyl halides is 3. The molecule has 4 aliphatic rings. The van der Waals surface area contributed by atoms with E-state index in [0.717, 1.165) is 43.0 Å². The number of nitrogens with one attached hydrogen (secondary N) is 2. The predicted molar refractivity (Wildman–Crippen MR) is 131 cm³/mol. The van der Waals surface area contributed by atoms with Crippen LogP contribution in [0.1, 0.15) is 30.6 Å². The Bertz CT molecular complexity index is 1190. The van der Waals surface area contributed by atoms with E-state index in [1.54, 1.807) is 11.7 Å². The van der Waals surface area contributed by atoms with Gasteiger partial charge in [0.2, 0.25) is 5.91 Å². The molecule has 2 aliphatic carbocycles. The van der Waals surface area contributed by atoms with Gasteiger partial charge in [0.25, 0.3) is 0 Å². The van der Waals surface area contributed by atoms with Crippen LogP contribution < -0.4 is 10.6 Å². The standard InChI is InChI=1S/C25H27F3N6O2S/c26-25(27,28)15-1-2-20-19(7-15)21(10-17(11-29)32-20)31-13-23(35)33-16-8-18(9-16)34-5-3-24(36,4-6-34)22-12-30-14-37-22/h1-2,7,10,12,14,16,18-20,31,36H,3-6,8-9,13H2,(H,33,35)/t16-,18+,19?,20?. The second-order valence-electron chi connectivity index (χ2n) is 9.90. The van der Waals surface area contributed by atoms with E-state index in [0.29, 0.717) is 24.6 Å². The number of allylic oxidation sites excluding steroid dienone is 3. The molecule has 0 spiro atoms. The number of aliphatic hydroxyl groups is 1. The molecule has 0 aromatic carbocycles. The molecule has 3 heterocycles. The van der Waals surface area contributed by atoms with Crippen LogP contribution in [0.15, 0.2) is 52.3 Å². The van der Waals surface area contributed by atoms with Crippen molar-refractivity contribution >= 4 is 23.0 Å². The third-order valence-corrected chi connectivity index (χ3v) is 8.51. The molecule has 1 amide bonds.